The van der Waals surface area contributed by atoms with Crippen molar-refractivity contribution in [2.24, 2.45) is 0 Å². The minimum Gasteiger partial charge on any atom is -0.479 e. The maximum absolute atomic E-state index is 14.3. The number of hydroxylamine groups is 2. The van der Waals surface area contributed by atoms with E-state index in [0.29, 0.717) is 18.5 Å². The summed E-state index contributed by atoms with van der Waals surface area (Å²) in [5.41, 5.74) is 2.95. The summed E-state index contributed by atoms with van der Waals surface area (Å²) in [4.78, 5) is 29.4. The topological polar surface area (TPSA) is 85.3 Å². The molecule has 3 aromatic carbocycles. The van der Waals surface area contributed by atoms with E-state index in [1.165, 1.54) is 30.2 Å². The molecule has 7 nitrogen and oxygen atoms in total. The molecule has 0 radical (unpaired) electrons. The summed E-state index contributed by atoms with van der Waals surface area (Å²) in [6.45, 7) is 1.76. The molecule has 0 saturated carbocycles. The van der Waals surface area contributed by atoms with Gasteiger partial charge in [0.15, 0.2) is 6.10 Å². The number of halogens is 1. The molecule has 0 fully saturated rings. The highest BCUT2D eigenvalue weighted by atomic mass is 19.1. The summed E-state index contributed by atoms with van der Waals surface area (Å²) in [7, 11) is 0. The lowest BCUT2D eigenvalue weighted by molar-refractivity contribution is -0.153. The van der Waals surface area contributed by atoms with E-state index in [1.54, 1.807) is 0 Å². The summed E-state index contributed by atoms with van der Waals surface area (Å²) in [6.07, 6.45) is -1.46. The Morgan fingerprint density at radius 3 is 2.56 bits per heavy atom. The van der Waals surface area contributed by atoms with E-state index in [9.17, 15) is 19.1 Å². The molecule has 0 aliphatic carbocycles. The predicted molar refractivity (Wildman–Crippen MR) is 121 cm³/mol. The van der Waals surface area contributed by atoms with Gasteiger partial charge in [0.1, 0.15) is 24.2 Å². The zero-order chi connectivity index (χ0) is 24.1. The number of nitrogens with zero attached hydrogens (tertiary/aromatic N) is 1. The van der Waals surface area contributed by atoms with Crippen LogP contribution in [0.2, 0.25) is 0 Å². The highest BCUT2D eigenvalue weighted by Gasteiger charge is 2.35. The van der Waals surface area contributed by atoms with Crippen molar-refractivity contribution in [3.63, 3.8) is 0 Å². The molecule has 1 aliphatic rings. The minimum absolute atomic E-state index is 0.0409. The Morgan fingerprint density at radius 2 is 1.79 bits per heavy atom. The second-order valence-electron chi connectivity index (χ2n) is 7.89. The van der Waals surface area contributed by atoms with Gasteiger partial charge in [-0.1, -0.05) is 54.6 Å². The lowest BCUT2D eigenvalue weighted by Gasteiger charge is -2.36. The Hall–Kier alpha value is -3.91. The Kier molecular flexibility index (Phi) is 7.08. The number of carbonyl (C=O) groups excluding carboxylic acids is 1. The van der Waals surface area contributed by atoms with Crippen molar-refractivity contribution >= 4 is 12.1 Å². The van der Waals surface area contributed by atoms with Crippen LogP contribution in [-0.2, 0) is 27.4 Å². The van der Waals surface area contributed by atoms with Gasteiger partial charge in [-0.2, -0.15) is 0 Å². The average Bonchev–Trinajstić information content (AvgIpc) is 2.84. The lowest BCUT2D eigenvalue weighted by Crippen LogP contribution is -2.38. The number of fused-ring (bicyclic) bond motifs is 1. The number of benzene rings is 3. The smallest absolute Gasteiger partial charge is 0.479 e. The molecule has 4 rings (SSSR count). The van der Waals surface area contributed by atoms with E-state index in [-0.39, 0.29) is 12.4 Å². The van der Waals surface area contributed by atoms with E-state index in [2.05, 4.69) is 0 Å². The van der Waals surface area contributed by atoms with Crippen molar-refractivity contribution in [2.45, 2.75) is 32.1 Å². The van der Waals surface area contributed by atoms with Crippen LogP contribution in [0.1, 0.15) is 35.2 Å². The molecule has 1 aliphatic heterocycles. The van der Waals surface area contributed by atoms with Crippen molar-refractivity contribution in [3.8, 4) is 5.75 Å². The molecular weight excluding hydrogens is 441 g/mol. The van der Waals surface area contributed by atoms with Gasteiger partial charge in [-0.15, -0.1) is 5.06 Å². The standard InChI is InChI=1S/C26H24FNO6/c1-17(25(29)30)33-23-12-11-20(27)15-22(23)24-21-10-6-5-9-19(21)13-14-28(24)34-26(31)32-16-18-7-3-2-4-8-18/h2-12,15,17,24H,13-14,16H2,1H3,(H,29,30)/t17-,24?/m1/s1. The van der Waals surface area contributed by atoms with Gasteiger partial charge in [-0.05, 0) is 48.2 Å². The number of carboxylic acid groups (broad SMARTS) is 1. The highest BCUT2D eigenvalue weighted by Crippen LogP contribution is 2.40. The molecule has 0 bridgehead atoms. The van der Waals surface area contributed by atoms with Crippen LogP contribution in [0, 0.1) is 5.82 Å². The maximum Gasteiger partial charge on any atom is 0.528 e. The zero-order valence-electron chi connectivity index (χ0n) is 18.5. The average molecular weight is 465 g/mol. The van der Waals surface area contributed by atoms with Crippen LogP contribution < -0.4 is 4.74 Å². The molecule has 0 amide bonds. The Balaban J connectivity index is 1.64. The van der Waals surface area contributed by atoms with Crippen molar-refractivity contribution in [3.05, 3.63) is 101 Å². The van der Waals surface area contributed by atoms with E-state index in [4.69, 9.17) is 14.3 Å². The zero-order valence-corrected chi connectivity index (χ0v) is 18.5. The maximum atomic E-state index is 14.3. The molecule has 0 aromatic heterocycles. The number of ether oxygens (including phenoxy) is 2. The SMILES string of the molecule is C[C@@H](Oc1ccc(F)cc1C1c2ccccc2CCN1OC(=O)OCc1ccccc1)C(=O)O. The lowest BCUT2D eigenvalue weighted by atomic mass is 9.89. The third-order valence-corrected chi connectivity index (χ3v) is 5.55. The van der Waals surface area contributed by atoms with Crippen LogP contribution in [0.15, 0.2) is 72.8 Å². The molecule has 3 aromatic rings. The van der Waals surface area contributed by atoms with Crippen LogP contribution in [0.5, 0.6) is 5.75 Å². The van der Waals surface area contributed by atoms with Crippen molar-refractivity contribution in [1.82, 2.24) is 5.06 Å². The summed E-state index contributed by atoms with van der Waals surface area (Å²) in [5, 5.41) is 10.7. The fraction of sp³-hybridized carbons (Fsp3) is 0.231. The third-order valence-electron chi connectivity index (χ3n) is 5.55. The van der Waals surface area contributed by atoms with Crippen LogP contribution >= 0.6 is 0 Å². The molecule has 34 heavy (non-hydrogen) atoms. The highest BCUT2D eigenvalue weighted by molar-refractivity contribution is 5.72. The van der Waals surface area contributed by atoms with Gasteiger partial charge in [0.25, 0.3) is 0 Å². The van der Waals surface area contributed by atoms with Gasteiger partial charge < -0.3 is 19.4 Å². The van der Waals surface area contributed by atoms with Crippen LogP contribution in [0.3, 0.4) is 0 Å². The first-order chi connectivity index (χ1) is 16.4. The van der Waals surface area contributed by atoms with Gasteiger partial charge in [-0.25, -0.2) is 14.0 Å². The van der Waals surface area contributed by atoms with E-state index >= 15 is 0 Å². The minimum atomic E-state index is -1.16. The summed E-state index contributed by atoms with van der Waals surface area (Å²) >= 11 is 0. The molecule has 0 spiro atoms. The number of hydrogen-bond acceptors (Lipinski definition) is 6. The molecular formula is C26H24FNO6. The van der Waals surface area contributed by atoms with Gasteiger partial charge >= 0.3 is 12.1 Å². The van der Waals surface area contributed by atoms with Gasteiger partial charge in [0, 0.05) is 12.1 Å². The quantitative estimate of drug-likeness (QED) is 0.497. The van der Waals surface area contributed by atoms with E-state index in [1.807, 2.05) is 54.6 Å². The molecule has 1 heterocycles. The molecule has 2 atom stereocenters. The van der Waals surface area contributed by atoms with Gasteiger partial charge in [-0.3, -0.25) is 0 Å². The van der Waals surface area contributed by atoms with Crippen LogP contribution in [0.4, 0.5) is 9.18 Å². The number of aliphatic carboxylic acids is 1. The van der Waals surface area contributed by atoms with Crippen LogP contribution in [0.25, 0.3) is 0 Å². The van der Waals surface area contributed by atoms with Gasteiger partial charge in [0.05, 0.1) is 0 Å². The second-order valence-corrected chi connectivity index (χ2v) is 7.89. The first-order valence-corrected chi connectivity index (χ1v) is 10.8. The van der Waals surface area contributed by atoms with E-state index in [0.717, 1.165) is 16.7 Å². The summed E-state index contributed by atoms with van der Waals surface area (Å²) in [5.74, 6) is -1.50. The van der Waals surface area contributed by atoms with Crippen molar-refractivity contribution < 1.29 is 33.4 Å². The first kappa shape index (κ1) is 23.3. The normalized spacial score (nSPS) is 16.2. The Morgan fingerprint density at radius 1 is 1.06 bits per heavy atom. The summed E-state index contributed by atoms with van der Waals surface area (Å²) < 4.78 is 25.2. The monoisotopic (exact) mass is 465 g/mol. The number of hydrogen-bond donors (Lipinski definition) is 1. The van der Waals surface area contributed by atoms with E-state index < -0.39 is 30.1 Å². The summed E-state index contributed by atoms with van der Waals surface area (Å²) in [6, 6.07) is 19.9. The van der Waals surface area contributed by atoms with Crippen molar-refractivity contribution in [2.75, 3.05) is 6.54 Å². The van der Waals surface area contributed by atoms with Gasteiger partial charge in [0.2, 0.25) is 0 Å². The molecule has 1 N–H and O–H groups in total. The molecule has 1 unspecified atom stereocenters. The molecule has 176 valence electrons. The fourth-order valence-electron chi connectivity index (χ4n) is 3.88. The number of rotatable bonds is 7. The van der Waals surface area contributed by atoms with Crippen molar-refractivity contribution in [1.29, 1.82) is 0 Å². The molecule has 8 heteroatoms. The van der Waals surface area contributed by atoms with Crippen LogP contribution in [-0.4, -0.2) is 34.9 Å². The fourth-order valence-corrected chi connectivity index (χ4v) is 3.88. The number of carbonyl (C=O) groups is 2. The predicted octanol–water partition coefficient (Wildman–Crippen LogP) is 4.89. The first-order valence-electron chi connectivity index (χ1n) is 10.8. The molecule has 0 saturated heterocycles. The second kappa shape index (κ2) is 10.4. The largest absolute Gasteiger partial charge is 0.528 e. The Bertz CT molecular complexity index is 1170. The number of carboxylic acids is 1. The third kappa shape index (κ3) is 5.35. The Labute approximate surface area is 196 Å².